The molecule has 0 spiro atoms. The van der Waals surface area contributed by atoms with Gasteiger partial charge in [-0.2, -0.15) is 5.26 Å². The Morgan fingerprint density at radius 1 is 1.30 bits per heavy atom. The van der Waals surface area contributed by atoms with Crippen molar-refractivity contribution in [2.24, 2.45) is 5.92 Å². The van der Waals surface area contributed by atoms with Gasteiger partial charge in [0.1, 0.15) is 0 Å². The van der Waals surface area contributed by atoms with Gasteiger partial charge in [-0.1, -0.05) is 42.1 Å². The zero-order valence-electron chi connectivity index (χ0n) is 12.7. The lowest BCUT2D eigenvalue weighted by Gasteiger charge is -2.32. The SMILES string of the molecule is CN(C#N)C(=O)[C@@H]1CCCC[C@H]1NC(=O)c1cccc(Cl)c1Cl. The highest BCUT2D eigenvalue weighted by atomic mass is 35.5. The van der Waals surface area contributed by atoms with Gasteiger partial charge in [0, 0.05) is 13.1 Å². The van der Waals surface area contributed by atoms with Gasteiger partial charge in [0.05, 0.1) is 21.5 Å². The number of nitrogens with one attached hydrogen (secondary N) is 1. The third-order valence-electron chi connectivity index (χ3n) is 4.08. The van der Waals surface area contributed by atoms with Crippen LogP contribution in [-0.2, 0) is 4.79 Å². The molecule has 2 amide bonds. The molecule has 0 bridgehead atoms. The fourth-order valence-corrected chi connectivity index (χ4v) is 3.21. The van der Waals surface area contributed by atoms with Gasteiger partial charge >= 0.3 is 0 Å². The Kier molecular flexibility index (Phi) is 5.86. The van der Waals surface area contributed by atoms with Crippen LogP contribution in [0.15, 0.2) is 18.2 Å². The van der Waals surface area contributed by atoms with E-state index in [0.717, 1.165) is 17.7 Å². The molecule has 1 saturated carbocycles. The minimum Gasteiger partial charge on any atom is -0.348 e. The summed E-state index contributed by atoms with van der Waals surface area (Å²) in [5.74, 6) is -1.02. The number of benzene rings is 1. The van der Waals surface area contributed by atoms with Crippen LogP contribution in [0.3, 0.4) is 0 Å². The normalized spacial score (nSPS) is 20.4. The molecule has 7 heteroatoms. The number of hydrogen-bond acceptors (Lipinski definition) is 3. The van der Waals surface area contributed by atoms with Gasteiger partial charge in [-0.05, 0) is 25.0 Å². The second-order valence-electron chi connectivity index (χ2n) is 5.57. The second-order valence-corrected chi connectivity index (χ2v) is 6.35. The van der Waals surface area contributed by atoms with Gasteiger partial charge in [0.15, 0.2) is 6.19 Å². The topological polar surface area (TPSA) is 73.2 Å². The fourth-order valence-electron chi connectivity index (χ4n) is 2.82. The standard InChI is InChI=1S/C16H17Cl2N3O2/c1-21(9-19)16(23)10-5-2-3-8-13(10)20-15(22)11-6-4-7-12(17)14(11)18/h4,6-7,10,13H,2-3,5,8H2,1H3,(H,20,22)/t10-,13-/m1/s1. The van der Waals surface area contributed by atoms with E-state index in [9.17, 15) is 9.59 Å². The quantitative estimate of drug-likeness (QED) is 0.669. The van der Waals surface area contributed by atoms with Crippen molar-refractivity contribution in [1.82, 2.24) is 10.2 Å². The molecule has 1 aliphatic carbocycles. The lowest BCUT2D eigenvalue weighted by Crippen LogP contribution is -2.48. The van der Waals surface area contributed by atoms with Gasteiger partial charge < -0.3 is 5.32 Å². The van der Waals surface area contributed by atoms with Crippen molar-refractivity contribution in [2.45, 2.75) is 31.7 Å². The number of carbonyl (C=O) groups excluding carboxylic acids is 2. The third kappa shape index (κ3) is 3.95. The second kappa shape index (κ2) is 7.67. The molecule has 0 unspecified atom stereocenters. The highest BCUT2D eigenvalue weighted by Gasteiger charge is 2.34. The molecule has 122 valence electrons. The molecule has 0 aliphatic heterocycles. The fraction of sp³-hybridized carbons (Fsp3) is 0.438. The lowest BCUT2D eigenvalue weighted by atomic mass is 9.83. The molecule has 0 radical (unpaired) electrons. The van der Waals surface area contributed by atoms with Crippen molar-refractivity contribution in [2.75, 3.05) is 7.05 Å². The summed E-state index contributed by atoms with van der Waals surface area (Å²) in [4.78, 5) is 25.7. The predicted molar refractivity (Wildman–Crippen MR) is 88.1 cm³/mol. The van der Waals surface area contributed by atoms with Gasteiger partial charge in [-0.15, -0.1) is 0 Å². The van der Waals surface area contributed by atoms with E-state index in [-0.39, 0.29) is 28.4 Å². The number of rotatable bonds is 3. The number of nitriles is 1. The molecule has 5 nitrogen and oxygen atoms in total. The largest absolute Gasteiger partial charge is 0.348 e. The average molecular weight is 354 g/mol. The van der Waals surface area contributed by atoms with Crippen molar-refractivity contribution in [3.8, 4) is 6.19 Å². The molecule has 1 aliphatic rings. The van der Waals surface area contributed by atoms with Crippen molar-refractivity contribution in [3.05, 3.63) is 33.8 Å². The molecule has 1 N–H and O–H groups in total. The first-order valence-electron chi connectivity index (χ1n) is 7.38. The number of halogens is 2. The molecular formula is C16H17Cl2N3O2. The van der Waals surface area contributed by atoms with E-state index in [1.165, 1.54) is 7.05 Å². The van der Waals surface area contributed by atoms with Crippen LogP contribution in [0.4, 0.5) is 0 Å². The summed E-state index contributed by atoms with van der Waals surface area (Å²) in [5.41, 5.74) is 0.282. The van der Waals surface area contributed by atoms with Gasteiger partial charge in [0.25, 0.3) is 5.91 Å². The monoisotopic (exact) mass is 353 g/mol. The zero-order valence-corrected chi connectivity index (χ0v) is 14.2. The molecule has 0 saturated heterocycles. The predicted octanol–water partition coefficient (Wildman–Crippen LogP) is 3.22. The summed E-state index contributed by atoms with van der Waals surface area (Å²) in [5, 5.41) is 12.3. The smallest absolute Gasteiger partial charge is 0.253 e. The van der Waals surface area contributed by atoms with E-state index in [4.69, 9.17) is 28.5 Å². The molecule has 23 heavy (non-hydrogen) atoms. The summed E-state index contributed by atoms with van der Waals surface area (Å²) in [7, 11) is 1.43. The van der Waals surface area contributed by atoms with Gasteiger partial charge in [-0.3, -0.25) is 14.5 Å². The van der Waals surface area contributed by atoms with E-state index < -0.39 is 5.92 Å². The molecule has 0 heterocycles. The summed E-state index contributed by atoms with van der Waals surface area (Å²) in [6.45, 7) is 0. The zero-order chi connectivity index (χ0) is 17.0. The Bertz CT molecular complexity index is 657. The molecular weight excluding hydrogens is 337 g/mol. The van der Waals surface area contributed by atoms with Crippen LogP contribution in [0.1, 0.15) is 36.0 Å². The number of nitrogens with zero attached hydrogens (tertiary/aromatic N) is 2. The van der Waals surface area contributed by atoms with Gasteiger partial charge in [0.2, 0.25) is 5.91 Å². The van der Waals surface area contributed by atoms with E-state index in [2.05, 4.69) is 5.32 Å². The van der Waals surface area contributed by atoms with Crippen LogP contribution >= 0.6 is 23.2 Å². The Morgan fingerprint density at radius 3 is 2.70 bits per heavy atom. The van der Waals surface area contributed by atoms with E-state index >= 15 is 0 Å². The van der Waals surface area contributed by atoms with Crippen LogP contribution in [0.2, 0.25) is 10.0 Å². The summed E-state index contributed by atoms with van der Waals surface area (Å²) in [6, 6.07) is 4.53. The van der Waals surface area contributed by atoms with Crippen molar-refractivity contribution < 1.29 is 9.59 Å². The first kappa shape index (κ1) is 17.6. The van der Waals surface area contributed by atoms with Crippen LogP contribution < -0.4 is 5.32 Å². The van der Waals surface area contributed by atoms with Crippen LogP contribution in [0.5, 0.6) is 0 Å². The van der Waals surface area contributed by atoms with Crippen LogP contribution in [-0.4, -0.2) is 29.8 Å². The molecule has 2 atom stereocenters. The Morgan fingerprint density at radius 2 is 2.00 bits per heavy atom. The third-order valence-corrected chi connectivity index (χ3v) is 4.90. The van der Waals surface area contributed by atoms with Crippen LogP contribution in [0, 0.1) is 17.4 Å². The Labute approximate surface area is 145 Å². The Hall–Kier alpha value is -1.77. The highest BCUT2D eigenvalue weighted by molar-refractivity contribution is 6.43. The maximum Gasteiger partial charge on any atom is 0.253 e. The first-order valence-corrected chi connectivity index (χ1v) is 8.13. The minimum atomic E-state index is -0.393. The van der Waals surface area contributed by atoms with Crippen molar-refractivity contribution in [1.29, 1.82) is 5.26 Å². The van der Waals surface area contributed by atoms with Gasteiger partial charge in [-0.25, -0.2) is 0 Å². The van der Waals surface area contributed by atoms with Crippen molar-refractivity contribution in [3.63, 3.8) is 0 Å². The summed E-state index contributed by atoms with van der Waals surface area (Å²) < 4.78 is 0. The maximum atomic E-state index is 12.4. The van der Waals surface area contributed by atoms with Crippen LogP contribution in [0.25, 0.3) is 0 Å². The molecule has 1 aromatic rings. The van der Waals surface area contributed by atoms with E-state index in [0.29, 0.717) is 17.9 Å². The molecule has 2 rings (SSSR count). The Balaban J connectivity index is 2.16. The van der Waals surface area contributed by atoms with E-state index in [1.807, 2.05) is 6.19 Å². The molecule has 1 aromatic carbocycles. The number of carbonyl (C=O) groups is 2. The minimum absolute atomic E-state index is 0.194. The number of hydrogen-bond donors (Lipinski definition) is 1. The first-order chi connectivity index (χ1) is 11.0. The number of amides is 2. The highest BCUT2D eigenvalue weighted by Crippen LogP contribution is 2.28. The average Bonchev–Trinajstić information content (AvgIpc) is 2.56. The summed E-state index contributed by atoms with van der Waals surface area (Å²) in [6.07, 6.45) is 4.99. The molecule has 1 fully saturated rings. The summed E-state index contributed by atoms with van der Waals surface area (Å²) >= 11 is 12.0. The van der Waals surface area contributed by atoms with E-state index in [1.54, 1.807) is 18.2 Å². The van der Waals surface area contributed by atoms with Crippen molar-refractivity contribution >= 4 is 35.0 Å². The lowest BCUT2D eigenvalue weighted by molar-refractivity contribution is -0.133. The molecule has 0 aromatic heterocycles. The maximum absolute atomic E-state index is 12.4.